The molecule has 1 aromatic rings. The Balaban J connectivity index is 2.06. The van der Waals surface area contributed by atoms with Gasteiger partial charge in [0.25, 0.3) is 5.91 Å². The van der Waals surface area contributed by atoms with Crippen molar-refractivity contribution in [2.45, 2.75) is 18.8 Å². The van der Waals surface area contributed by atoms with E-state index in [0.717, 1.165) is 5.56 Å². The van der Waals surface area contributed by atoms with Crippen LogP contribution in [0.25, 0.3) is 0 Å². The highest BCUT2D eigenvalue weighted by Crippen LogP contribution is 2.35. The third-order valence-corrected chi connectivity index (χ3v) is 4.73. The summed E-state index contributed by atoms with van der Waals surface area (Å²) in [4.78, 5) is 27.4. The van der Waals surface area contributed by atoms with Crippen molar-refractivity contribution in [3.05, 3.63) is 47.0 Å². The van der Waals surface area contributed by atoms with Crippen LogP contribution in [-0.4, -0.2) is 47.8 Å². The van der Waals surface area contributed by atoms with Gasteiger partial charge in [-0.25, -0.2) is 4.79 Å². The van der Waals surface area contributed by atoms with E-state index >= 15 is 0 Å². The maximum absolute atomic E-state index is 12.4. The highest BCUT2D eigenvalue weighted by Gasteiger charge is 2.37. The first-order valence-electron chi connectivity index (χ1n) is 7.09. The smallest absolute Gasteiger partial charge is 0.333 e. The molecule has 22 heavy (non-hydrogen) atoms. The van der Waals surface area contributed by atoms with Crippen molar-refractivity contribution >= 4 is 23.6 Å². The molecule has 1 aromatic carbocycles. The number of rotatable bonds is 5. The molecule has 0 aliphatic carbocycles. The lowest BCUT2D eigenvalue weighted by Crippen LogP contribution is -2.36. The highest BCUT2D eigenvalue weighted by atomic mass is 32.2. The van der Waals surface area contributed by atoms with Crippen LogP contribution in [0.1, 0.15) is 12.5 Å². The summed E-state index contributed by atoms with van der Waals surface area (Å²) in [5, 5.41) is 0.291. The SMILES string of the molecule is CCOC(=O)/C=C1\SC(N(C)Cc2ccccc2)C(=O)N1C. The highest BCUT2D eigenvalue weighted by molar-refractivity contribution is 8.04. The van der Waals surface area contributed by atoms with E-state index in [1.807, 2.05) is 42.3 Å². The second-order valence-corrected chi connectivity index (χ2v) is 6.10. The Morgan fingerprint density at radius 3 is 2.73 bits per heavy atom. The fourth-order valence-corrected chi connectivity index (χ4v) is 3.32. The Hall–Kier alpha value is -1.79. The minimum absolute atomic E-state index is 0.0287. The largest absolute Gasteiger partial charge is 0.463 e. The molecule has 118 valence electrons. The monoisotopic (exact) mass is 320 g/mol. The van der Waals surface area contributed by atoms with E-state index in [9.17, 15) is 9.59 Å². The molecule has 0 radical (unpaired) electrons. The third-order valence-electron chi connectivity index (χ3n) is 3.31. The van der Waals surface area contributed by atoms with Gasteiger partial charge < -0.3 is 9.64 Å². The minimum atomic E-state index is -0.420. The Labute approximate surface area is 134 Å². The van der Waals surface area contributed by atoms with E-state index in [-0.39, 0.29) is 11.3 Å². The van der Waals surface area contributed by atoms with Crippen LogP contribution >= 0.6 is 11.8 Å². The molecule has 6 heteroatoms. The van der Waals surface area contributed by atoms with Crippen LogP contribution in [0.5, 0.6) is 0 Å². The zero-order valence-corrected chi connectivity index (χ0v) is 13.8. The molecule has 1 aliphatic heterocycles. The molecule has 1 amide bonds. The van der Waals surface area contributed by atoms with Gasteiger partial charge in [0.05, 0.1) is 17.7 Å². The Kier molecular flexibility index (Phi) is 5.63. The van der Waals surface area contributed by atoms with Crippen molar-refractivity contribution in [1.82, 2.24) is 9.80 Å². The molecule has 0 saturated carbocycles. The van der Waals surface area contributed by atoms with Crippen LogP contribution in [0.4, 0.5) is 0 Å². The fourth-order valence-electron chi connectivity index (χ4n) is 2.17. The molecule has 0 aromatic heterocycles. The first-order chi connectivity index (χ1) is 10.5. The van der Waals surface area contributed by atoms with E-state index < -0.39 is 5.97 Å². The lowest BCUT2D eigenvalue weighted by atomic mass is 10.2. The molecule has 0 N–H and O–H groups in total. The summed E-state index contributed by atoms with van der Waals surface area (Å²) >= 11 is 1.37. The summed E-state index contributed by atoms with van der Waals surface area (Å²) in [6, 6.07) is 9.97. The number of nitrogens with zero attached hydrogens (tertiary/aromatic N) is 2. The van der Waals surface area contributed by atoms with Gasteiger partial charge in [-0.15, -0.1) is 0 Å². The summed E-state index contributed by atoms with van der Waals surface area (Å²) in [5.74, 6) is -0.449. The zero-order valence-electron chi connectivity index (χ0n) is 13.0. The van der Waals surface area contributed by atoms with Gasteiger partial charge in [0.1, 0.15) is 5.37 Å². The molecule has 1 heterocycles. The Bertz CT molecular complexity index is 574. The maximum atomic E-state index is 12.4. The van der Waals surface area contributed by atoms with Crippen LogP contribution in [-0.2, 0) is 20.9 Å². The number of carbonyl (C=O) groups excluding carboxylic acids is 2. The average molecular weight is 320 g/mol. The van der Waals surface area contributed by atoms with Crippen molar-refractivity contribution in [1.29, 1.82) is 0 Å². The predicted molar refractivity (Wildman–Crippen MR) is 86.8 cm³/mol. The molecule has 1 unspecified atom stereocenters. The number of thioether (sulfide) groups is 1. The number of hydrogen-bond acceptors (Lipinski definition) is 5. The van der Waals surface area contributed by atoms with E-state index in [4.69, 9.17) is 4.74 Å². The molecule has 0 bridgehead atoms. The molecular weight excluding hydrogens is 300 g/mol. The van der Waals surface area contributed by atoms with Crippen LogP contribution < -0.4 is 0 Å². The Morgan fingerprint density at radius 2 is 2.09 bits per heavy atom. The summed E-state index contributed by atoms with van der Waals surface area (Å²) in [6.45, 7) is 2.75. The predicted octanol–water partition coefficient (Wildman–Crippen LogP) is 2.05. The van der Waals surface area contributed by atoms with E-state index in [1.165, 1.54) is 22.7 Å². The van der Waals surface area contributed by atoms with Gasteiger partial charge >= 0.3 is 5.97 Å². The molecule has 0 spiro atoms. The zero-order chi connectivity index (χ0) is 16.1. The van der Waals surface area contributed by atoms with E-state index in [0.29, 0.717) is 18.2 Å². The summed E-state index contributed by atoms with van der Waals surface area (Å²) in [5.41, 5.74) is 1.14. The molecule has 1 atom stereocenters. The van der Waals surface area contributed by atoms with Gasteiger partial charge in [-0.1, -0.05) is 42.1 Å². The number of likely N-dealkylation sites (N-methyl/N-ethyl adjacent to an activating group) is 2. The molecule has 5 nitrogen and oxygen atoms in total. The van der Waals surface area contributed by atoms with Crippen molar-refractivity contribution in [2.75, 3.05) is 20.7 Å². The fraction of sp³-hybridized carbons (Fsp3) is 0.375. The van der Waals surface area contributed by atoms with Crippen molar-refractivity contribution in [2.24, 2.45) is 0 Å². The third kappa shape index (κ3) is 3.90. The first kappa shape index (κ1) is 16.6. The van der Waals surface area contributed by atoms with Crippen LogP contribution in [0, 0.1) is 0 Å². The molecule has 1 saturated heterocycles. The molecule has 1 aliphatic rings. The van der Waals surface area contributed by atoms with Crippen LogP contribution in [0.2, 0.25) is 0 Å². The van der Waals surface area contributed by atoms with Gasteiger partial charge in [-0.3, -0.25) is 9.69 Å². The lowest BCUT2D eigenvalue weighted by molar-refractivity contribution is -0.137. The van der Waals surface area contributed by atoms with Gasteiger partial charge in [-0.2, -0.15) is 0 Å². The summed E-state index contributed by atoms with van der Waals surface area (Å²) in [7, 11) is 3.58. The topological polar surface area (TPSA) is 49.9 Å². The van der Waals surface area contributed by atoms with Gasteiger partial charge in [-0.05, 0) is 19.5 Å². The van der Waals surface area contributed by atoms with Crippen LogP contribution in [0.3, 0.4) is 0 Å². The number of ether oxygens (including phenoxy) is 1. The van der Waals surface area contributed by atoms with Gasteiger partial charge in [0.2, 0.25) is 0 Å². The van der Waals surface area contributed by atoms with Crippen molar-refractivity contribution in [3.63, 3.8) is 0 Å². The Morgan fingerprint density at radius 1 is 1.41 bits per heavy atom. The molecule has 2 rings (SSSR count). The second kappa shape index (κ2) is 7.47. The quantitative estimate of drug-likeness (QED) is 0.614. The van der Waals surface area contributed by atoms with Gasteiger partial charge in [0.15, 0.2) is 0 Å². The first-order valence-corrected chi connectivity index (χ1v) is 7.97. The van der Waals surface area contributed by atoms with E-state index in [1.54, 1.807) is 14.0 Å². The minimum Gasteiger partial charge on any atom is -0.463 e. The van der Waals surface area contributed by atoms with Crippen molar-refractivity contribution < 1.29 is 14.3 Å². The van der Waals surface area contributed by atoms with Gasteiger partial charge in [0, 0.05) is 13.6 Å². The maximum Gasteiger partial charge on any atom is 0.333 e. The number of hydrogen-bond donors (Lipinski definition) is 0. The summed E-state index contributed by atoms with van der Waals surface area (Å²) in [6.07, 6.45) is 1.38. The normalized spacial score (nSPS) is 20.0. The lowest BCUT2D eigenvalue weighted by Gasteiger charge is -2.21. The number of amides is 1. The number of benzene rings is 1. The number of esters is 1. The molecule has 1 fully saturated rings. The second-order valence-electron chi connectivity index (χ2n) is 5.00. The average Bonchev–Trinajstić information content (AvgIpc) is 2.77. The standard InChI is InChI=1S/C16H20N2O3S/c1-4-21-14(19)10-13-18(3)15(20)16(22-13)17(2)11-12-8-6-5-7-9-12/h5-10,16H,4,11H2,1-3H3/b13-10-. The molecular formula is C16H20N2O3S. The van der Waals surface area contributed by atoms with Crippen LogP contribution in [0.15, 0.2) is 41.4 Å². The number of carbonyl (C=O) groups is 2. The van der Waals surface area contributed by atoms with E-state index in [2.05, 4.69) is 0 Å². The summed E-state index contributed by atoms with van der Waals surface area (Å²) < 4.78 is 4.90. The van der Waals surface area contributed by atoms with Crippen molar-refractivity contribution in [3.8, 4) is 0 Å².